The molecule has 0 saturated heterocycles. The monoisotopic (exact) mass is 309 g/mol. The van der Waals surface area contributed by atoms with Crippen LogP contribution in [0.1, 0.15) is 17.3 Å². The topological polar surface area (TPSA) is 66.4 Å². The molecule has 0 aliphatic carbocycles. The molecule has 2 atom stereocenters. The molecule has 2 N–H and O–H groups in total. The van der Waals surface area contributed by atoms with Gasteiger partial charge in [-0.3, -0.25) is 9.00 Å². The summed E-state index contributed by atoms with van der Waals surface area (Å²) in [6.07, 6.45) is 1.56. The van der Waals surface area contributed by atoms with E-state index in [1.54, 1.807) is 13.2 Å². The van der Waals surface area contributed by atoms with Gasteiger partial charge in [0, 0.05) is 33.9 Å². The van der Waals surface area contributed by atoms with E-state index in [0.717, 1.165) is 0 Å². The SMILES string of the molecule is C[C@H](CNC(=O)c1c(O)cc(Cl)cc1Cl)[S@@](C)=O. The van der Waals surface area contributed by atoms with Crippen LogP contribution >= 0.6 is 23.2 Å². The van der Waals surface area contributed by atoms with E-state index < -0.39 is 16.7 Å². The van der Waals surface area contributed by atoms with Crippen molar-refractivity contribution in [3.63, 3.8) is 0 Å². The quantitative estimate of drug-likeness (QED) is 0.896. The molecule has 18 heavy (non-hydrogen) atoms. The van der Waals surface area contributed by atoms with Crippen LogP contribution < -0.4 is 5.32 Å². The summed E-state index contributed by atoms with van der Waals surface area (Å²) in [4.78, 5) is 11.8. The van der Waals surface area contributed by atoms with E-state index in [-0.39, 0.29) is 33.2 Å². The Morgan fingerprint density at radius 1 is 1.50 bits per heavy atom. The van der Waals surface area contributed by atoms with Gasteiger partial charge in [-0.2, -0.15) is 0 Å². The molecule has 0 fully saturated rings. The molecule has 1 aromatic rings. The van der Waals surface area contributed by atoms with E-state index in [0.29, 0.717) is 0 Å². The Morgan fingerprint density at radius 3 is 2.61 bits per heavy atom. The predicted molar refractivity (Wildman–Crippen MR) is 74.0 cm³/mol. The molecule has 100 valence electrons. The van der Waals surface area contributed by atoms with Gasteiger partial charge in [0.2, 0.25) is 0 Å². The standard InChI is InChI=1S/C11H13Cl2NO3S/c1-6(18(2)17)5-14-11(16)10-8(13)3-7(12)4-9(10)15/h3-4,6,15H,5H2,1-2H3,(H,14,16)/t6-,18-/m1/s1. The highest BCUT2D eigenvalue weighted by molar-refractivity contribution is 7.84. The lowest BCUT2D eigenvalue weighted by molar-refractivity contribution is 0.0951. The second-order valence-electron chi connectivity index (χ2n) is 3.80. The van der Waals surface area contributed by atoms with Crippen molar-refractivity contribution in [3.05, 3.63) is 27.7 Å². The van der Waals surface area contributed by atoms with Crippen molar-refractivity contribution >= 4 is 39.9 Å². The summed E-state index contributed by atoms with van der Waals surface area (Å²) < 4.78 is 11.1. The number of hydrogen-bond donors (Lipinski definition) is 2. The molecule has 0 saturated carbocycles. The second-order valence-corrected chi connectivity index (χ2v) is 6.45. The lowest BCUT2D eigenvalue weighted by atomic mass is 10.2. The van der Waals surface area contributed by atoms with E-state index in [1.165, 1.54) is 12.1 Å². The molecule has 7 heteroatoms. The summed E-state index contributed by atoms with van der Waals surface area (Å²) in [5, 5.41) is 12.3. The highest BCUT2D eigenvalue weighted by Gasteiger charge is 2.17. The fourth-order valence-corrected chi connectivity index (χ4v) is 2.11. The number of phenolic OH excluding ortho intramolecular Hbond substituents is 1. The maximum absolute atomic E-state index is 11.8. The first-order valence-electron chi connectivity index (χ1n) is 5.11. The van der Waals surface area contributed by atoms with Crippen LogP contribution in [0.25, 0.3) is 0 Å². The molecule has 0 unspecified atom stereocenters. The van der Waals surface area contributed by atoms with E-state index in [2.05, 4.69) is 5.32 Å². The third kappa shape index (κ3) is 3.86. The number of carbonyl (C=O) groups is 1. The first kappa shape index (κ1) is 15.3. The summed E-state index contributed by atoms with van der Waals surface area (Å²) in [6.45, 7) is 1.99. The highest BCUT2D eigenvalue weighted by atomic mass is 35.5. The molecule has 0 aromatic heterocycles. The van der Waals surface area contributed by atoms with Gasteiger partial charge in [-0.25, -0.2) is 0 Å². The van der Waals surface area contributed by atoms with Gasteiger partial charge < -0.3 is 10.4 Å². The number of nitrogens with one attached hydrogen (secondary N) is 1. The smallest absolute Gasteiger partial charge is 0.256 e. The number of halogens is 2. The molecule has 4 nitrogen and oxygen atoms in total. The Labute approximate surface area is 118 Å². The molecule has 1 amide bonds. The Kier molecular flexibility index (Phi) is 5.44. The first-order chi connectivity index (χ1) is 8.32. The number of benzene rings is 1. The van der Waals surface area contributed by atoms with Gasteiger partial charge in [0.15, 0.2) is 0 Å². The van der Waals surface area contributed by atoms with Crippen molar-refractivity contribution in [2.24, 2.45) is 0 Å². The number of phenols is 1. The third-order valence-electron chi connectivity index (χ3n) is 2.38. The summed E-state index contributed by atoms with van der Waals surface area (Å²) in [5.41, 5.74) is -0.0323. The van der Waals surface area contributed by atoms with Crippen LogP contribution in [0.3, 0.4) is 0 Å². The van der Waals surface area contributed by atoms with E-state index in [1.807, 2.05) is 0 Å². The summed E-state index contributed by atoms with van der Waals surface area (Å²) in [6, 6.07) is 2.61. The number of rotatable bonds is 4. The van der Waals surface area contributed by atoms with Crippen molar-refractivity contribution in [1.82, 2.24) is 5.32 Å². The van der Waals surface area contributed by atoms with Crippen molar-refractivity contribution in [2.75, 3.05) is 12.8 Å². The van der Waals surface area contributed by atoms with E-state index in [9.17, 15) is 14.1 Å². The second kappa shape index (κ2) is 6.41. The Hall–Kier alpha value is -0.780. The molecule has 0 aliphatic heterocycles. The Morgan fingerprint density at radius 2 is 2.11 bits per heavy atom. The van der Waals surface area contributed by atoms with Crippen LogP contribution in [-0.2, 0) is 10.8 Å². The molecule has 0 aliphatic rings. The minimum Gasteiger partial charge on any atom is -0.507 e. The van der Waals surface area contributed by atoms with Crippen LogP contribution in [0.4, 0.5) is 0 Å². The minimum absolute atomic E-state index is 0.0323. The highest BCUT2D eigenvalue weighted by Crippen LogP contribution is 2.29. The van der Waals surface area contributed by atoms with Crippen LogP contribution in [0.15, 0.2) is 12.1 Å². The van der Waals surface area contributed by atoms with Gasteiger partial charge in [0.25, 0.3) is 5.91 Å². The van der Waals surface area contributed by atoms with Gasteiger partial charge in [-0.05, 0) is 19.1 Å². The van der Waals surface area contributed by atoms with Crippen LogP contribution in [-0.4, -0.2) is 33.3 Å². The summed E-state index contributed by atoms with van der Waals surface area (Å²) >= 11 is 11.5. The average Bonchev–Trinajstić information content (AvgIpc) is 2.24. The number of carbonyl (C=O) groups excluding carboxylic acids is 1. The molecule has 1 aromatic carbocycles. The van der Waals surface area contributed by atoms with Crippen molar-refractivity contribution < 1.29 is 14.1 Å². The van der Waals surface area contributed by atoms with Gasteiger partial charge in [0.05, 0.1) is 10.6 Å². The Balaban J connectivity index is 2.82. The van der Waals surface area contributed by atoms with Crippen molar-refractivity contribution in [3.8, 4) is 5.75 Å². The normalized spacial score (nSPS) is 14.0. The zero-order valence-electron chi connectivity index (χ0n) is 9.87. The molecular formula is C11H13Cl2NO3S. The molecule has 1 rings (SSSR count). The lowest BCUT2D eigenvalue weighted by Gasteiger charge is -2.12. The largest absolute Gasteiger partial charge is 0.507 e. The fraction of sp³-hybridized carbons (Fsp3) is 0.364. The first-order valence-corrected chi connectivity index (χ1v) is 7.49. The zero-order valence-corrected chi connectivity index (χ0v) is 12.2. The van der Waals surface area contributed by atoms with E-state index >= 15 is 0 Å². The number of aromatic hydroxyl groups is 1. The summed E-state index contributed by atoms with van der Waals surface area (Å²) in [7, 11) is -1.03. The Bertz CT molecular complexity index is 470. The van der Waals surface area contributed by atoms with Gasteiger partial charge in [-0.1, -0.05) is 23.2 Å². The van der Waals surface area contributed by atoms with Crippen molar-refractivity contribution in [2.45, 2.75) is 12.2 Å². The lowest BCUT2D eigenvalue weighted by Crippen LogP contribution is -2.32. The number of amides is 1. The van der Waals surface area contributed by atoms with Crippen LogP contribution in [0.2, 0.25) is 10.0 Å². The van der Waals surface area contributed by atoms with Crippen molar-refractivity contribution in [1.29, 1.82) is 0 Å². The molecule has 0 radical (unpaired) electrons. The maximum atomic E-state index is 11.8. The number of hydrogen-bond acceptors (Lipinski definition) is 3. The van der Waals surface area contributed by atoms with Crippen LogP contribution in [0, 0.1) is 0 Å². The van der Waals surface area contributed by atoms with Crippen LogP contribution in [0.5, 0.6) is 5.75 Å². The maximum Gasteiger partial charge on any atom is 0.256 e. The van der Waals surface area contributed by atoms with Gasteiger partial charge in [-0.15, -0.1) is 0 Å². The van der Waals surface area contributed by atoms with E-state index in [4.69, 9.17) is 23.2 Å². The molecule has 0 heterocycles. The molecular weight excluding hydrogens is 297 g/mol. The fourth-order valence-electron chi connectivity index (χ4n) is 1.23. The molecule has 0 spiro atoms. The molecule has 0 bridgehead atoms. The average molecular weight is 310 g/mol. The minimum atomic E-state index is -1.03. The predicted octanol–water partition coefficient (Wildman–Crippen LogP) is 2.20. The van der Waals surface area contributed by atoms with Gasteiger partial charge >= 0.3 is 0 Å². The zero-order chi connectivity index (χ0) is 13.9. The van der Waals surface area contributed by atoms with Gasteiger partial charge in [0.1, 0.15) is 5.75 Å². The summed E-state index contributed by atoms with van der Waals surface area (Å²) in [5.74, 6) is -0.804. The third-order valence-corrected chi connectivity index (χ3v) is 4.19.